The smallest absolute Gasteiger partial charge is 0.344 e. The average molecular weight is 372 g/mol. The van der Waals surface area contributed by atoms with Crippen molar-refractivity contribution in [1.82, 2.24) is 0 Å². The van der Waals surface area contributed by atoms with E-state index in [1.807, 2.05) is 32.9 Å². The molecule has 0 saturated carbocycles. The number of ether oxygens (including phenoxy) is 2. The highest BCUT2D eigenvalue weighted by molar-refractivity contribution is 5.94. The molecule has 0 spiro atoms. The number of nitrogens with one attached hydrogen (secondary N) is 1. The molecule has 1 N–H and O–H groups in total. The number of aryl methyl sites for hydroxylation is 3. The number of carbonyl (C=O) groups is 2. The summed E-state index contributed by atoms with van der Waals surface area (Å²) >= 11 is 0. The summed E-state index contributed by atoms with van der Waals surface area (Å²) < 4.78 is 10.3. The van der Waals surface area contributed by atoms with Crippen LogP contribution in [0.15, 0.2) is 36.4 Å². The largest absolute Gasteiger partial charge is 0.481 e. The summed E-state index contributed by atoms with van der Waals surface area (Å²) in [5, 5.41) is 13.3. The first-order chi connectivity index (χ1) is 12.8. The van der Waals surface area contributed by atoms with Crippen molar-refractivity contribution in [2.24, 2.45) is 0 Å². The second-order valence-corrected chi connectivity index (χ2v) is 6.00. The number of hydrogen-bond acceptors (Lipinski definition) is 6. The first-order valence-electron chi connectivity index (χ1n) is 8.17. The van der Waals surface area contributed by atoms with Gasteiger partial charge in [0.25, 0.3) is 11.6 Å². The van der Waals surface area contributed by atoms with Crippen molar-refractivity contribution in [1.29, 1.82) is 0 Å². The van der Waals surface area contributed by atoms with Gasteiger partial charge in [-0.3, -0.25) is 14.9 Å². The van der Waals surface area contributed by atoms with Crippen molar-refractivity contribution in [2.75, 3.05) is 18.5 Å². The van der Waals surface area contributed by atoms with Gasteiger partial charge in [0.1, 0.15) is 11.4 Å². The first-order valence-corrected chi connectivity index (χ1v) is 8.17. The molecule has 0 aliphatic rings. The maximum Gasteiger partial charge on any atom is 0.344 e. The lowest BCUT2D eigenvalue weighted by atomic mass is 10.1. The maximum absolute atomic E-state index is 11.9. The zero-order valence-electron chi connectivity index (χ0n) is 15.3. The summed E-state index contributed by atoms with van der Waals surface area (Å²) in [6.07, 6.45) is 0. The molecule has 2 aromatic rings. The topological polar surface area (TPSA) is 108 Å². The lowest BCUT2D eigenvalue weighted by Crippen LogP contribution is -2.24. The van der Waals surface area contributed by atoms with Crippen molar-refractivity contribution in [2.45, 2.75) is 20.8 Å². The molecule has 0 aliphatic heterocycles. The van der Waals surface area contributed by atoms with Crippen LogP contribution >= 0.6 is 0 Å². The fraction of sp³-hybridized carbons (Fsp3) is 0.263. The molecule has 8 heteroatoms. The molecule has 0 atom stereocenters. The fourth-order valence-corrected chi connectivity index (χ4v) is 2.64. The van der Waals surface area contributed by atoms with Crippen LogP contribution in [0.4, 0.5) is 11.4 Å². The molecule has 0 aliphatic carbocycles. The summed E-state index contributed by atoms with van der Waals surface area (Å²) in [5.41, 5.74) is 2.67. The van der Waals surface area contributed by atoms with Gasteiger partial charge in [-0.25, -0.2) is 4.79 Å². The molecule has 0 saturated heterocycles. The Kier molecular flexibility index (Phi) is 6.48. The van der Waals surface area contributed by atoms with Crippen LogP contribution in [-0.2, 0) is 14.3 Å². The van der Waals surface area contributed by atoms with Crippen LogP contribution in [0.3, 0.4) is 0 Å². The molecule has 0 aromatic heterocycles. The van der Waals surface area contributed by atoms with Crippen molar-refractivity contribution < 1.29 is 24.0 Å². The van der Waals surface area contributed by atoms with Crippen LogP contribution in [0.2, 0.25) is 0 Å². The Morgan fingerprint density at radius 1 is 1.07 bits per heavy atom. The van der Waals surface area contributed by atoms with Crippen LogP contribution in [0.25, 0.3) is 0 Å². The standard InChI is InChI=1S/C19H20N2O6/c1-12-8-13(2)19(14(3)9-12)27-11-18(23)26-10-17(22)20-15-6-4-5-7-16(15)21(24)25/h4-9H,10-11H2,1-3H3,(H,20,22). The monoisotopic (exact) mass is 372 g/mol. The fourth-order valence-electron chi connectivity index (χ4n) is 2.64. The van der Waals surface area contributed by atoms with Gasteiger partial charge in [-0.05, 0) is 38.0 Å². The Labute approximate surface area is 156 Å². The Morgan fingerprint density at radius 3 is 2.33 bits per heavy atom. The van der Waals surface area contributed by atoms with Crippen molar-refractivity contribution in [3.05, 3.63) is 63.2 Å². The maximum atomic E-state index is 11.9. The van der Waals surface area contributed by atoms with Gasteiger partial charge in [-0.1, -0.05) is 29.8 Å². The molecule has 2 rings (SSSR count). The number of nitro groups is 1. The van der Waals surface area contributed by atoms with E-state index in [-0.39, 0.29) is 18.0 Å². The predicted molar refractivity (Wildman–Crippen MR) is 98.8 cm³/mol. The minimum absolute atomic E-state index is 0.0331. The molecule has 0 unspecified atom stereocenters. The second-order valence-electron chi connectivity index (χ2n) is 6.00. The summed E-state index contributed by atoms with van der Waals surface area (Å²) in [6.45, 7) is 4.80. The highest BCUT2D eigenvalue weighted by Crippen LogP contribution is 2.24. The Hall–Kier alpha value is -3.42. The van der Waals surface area contributed by atoms with Gasteiger partial charge in [-0.2, -0.15) is 0 Å². The van der Waals surface area contributed by atoms with E-state index in [4.69, 9.17) is 9.47 Å². The van der Waals surface area contributed by atoms with E-state index >= 15 is 0 Å². The zero-order valence-corrected chi connectivity index (χ0v) is 15.3. The minimum Gasteiger partial charge on any atom is -0.481 e. The number of hydrogen-bond donors (Lipinski definition) is 1. The number of carbonyl (C=O) groups excluding carboxylic acids is 2. The van der Waals surface area contributed by atoms with Gasteiger partial charge in [0.15, 0.2) is 13.2 Å². The van der Waals surface area contributed by atoms with Crippen molar-refractivity contribution in [3.63, 3.8) is 0 Å². The van der Waals surface area contributed by atoms with Crippen LogP contribution in [0.5, 0.6) is 5.75 Å². The van der Waals surface area contributed by atoms with Gasteiger partial charge in [0, 0.05) is 6.07 Å². The molecule has 0 heterocycles. The summed E-state index contributed by atoms with van der Waals surface area (Å²) in [5.74, 6) is -0.797. The molecule has 1 amide bonds. The molecule has 0 bridgehead atoms. The third-order valence-corrected chi connectivity index (χ3v) is 3.68. The lowest BCUT2D eigenvalue weighted by Gasteiger charge is -2.12. The molecular formula is C19H20N2O6. The quantitative estimate of drug-likeness (QED) is 0.455. The van der Waals surface area contributed by atoms with Gasteiger partial charge < -0.3 is 14.8 Å². The molecule has 27 heavy (non-hydrogen) atoms. The molecule has 142 valence electrons. The number of nitrogens with zero attached hydrogens (tertiary/aromatic N) is 1. The SMILES string of the molecule is Cc1cc(C)c(OCC(=O)OCC(=O)Nc2ccccc2[N+](=O)[O-])c(C)c1. The number of esters is 1. The van der Waals surface area contributed by atoms with E-state index in [0.717, 1.165) is 16.7 Å². The molecule has 0 fully saturated rings. The van der Waals surface area contributed by atoms with Gasteiger partial charge in [0.05, 0.1) is 4.92 Å². The first kappa shape index (κ1) is 19.9. The van der Waals surface area contributed by atoms with Crippen LogP contribution < -0.4 is 10.1 Å². The third kappa shape index (κ3) is 5.53. The number of nitro benzene ring substituents is 1. The van der Waals surface area contributed by atoms with E-state index in [9.17, 15) is 19.7 Å². The van der Waals surface area contributed by atoms with Gasteiger partial charge in [-0.15, -0.1) is 0 Å². The van der Waals surface area contributed by atoms with Crippen molar-refractivity contribution >= 4 is 23.3 Å². The number of anilines is 1. The van der Waals surface area contributed by atoms with E-state index in [2.05, 4.69) is 5.32 Å². The highest BCUT2D eigenvalue weighted by atomic mass is 16.6. The molecular weight excluding hydrogens is 352 g/mol. The predicted octanol–water partition coefficient (Wildman–Crippen LogP) is 3.08. The Balaban J connectivity index is 1.86. The van der Waals surface area contributed by atoms with Gasteiger partial charge in [0.2, 0.25) is 0 Å². The highest BCUT2D eigenvalue weighted by Gasteiger charge is 2.16. The normalized spacial score (nSPS) is 10.2. The number of amides is 1. The van der Waals surface area contributed by atoms with Crippen LogP contribution in [-0.4, -0.2) is 30.0 Å². The van der Waals surface area contributed by atoms with E-state index in [1.54, 1.807) is 6.07 Å². The summed E-state index contributed by atoms with van der Waals surface area (Å²) in [6, 6.07) is 9.57. The summed E-state index contributed by atoms with van der Waals surface area (Å²) in [7, 11) is 0. The van der Waals surface area contributed by atoms with Crippen LogP contribution in [0.1, 0.15) is 16.7 Å². The van der Waals surface area contributed by atoms with Crippen molar-refractivity contribution in [3.8, 4) is 5.75 Å². The average Bonchev–Trinajstić information content (AvgIpc) is 2.59. The van der Waals surface area contributed by atoms with Gasteiger partial charge >= 0.3 is 5.97 Å². The van der Waals surface area contributed by atoms with E-state index in [0.29, 0.717) is 5.75 Å². The number of rotatable bonds is 7. The second kappa shape index (κ2) is 8.79. The molecule has 0 radical (unpaired) electrons. The van der Waals surface area contributed by atoms with E-state index in [1.165, 1.54) is 18.2 Å². The number of benzene rings is 2. The summed E-state index contributed by atoms with van der Waals surface area (Å²) in [4.78, 5) is 34.0. The zero-order chi connectivity index (χ0) is 20.0. The third-order valence-electron chi connectivity index (χ3n) is 3.68. The lowest BCUT2D eigenvalue weighted by molar-refractivity contribution is -0.383. The Morgan fingerprint density at radius 2 is 1.70 bits per heavy atom. The number of para-hydroxylation sites is 2. The minimum atomic E-state index is -0.716. The molecule has 8 nitrogen and oxygen atoms in total. The Bertz CT molecular complexity index is 855. The van der Waals surface area contributed by atoms with E-state index < -0.39 is 23.4 Å². The molecule has 2 aromatic carbocycles. The van der Waals surface area contributed by atoms with Crippen LogP contribution in [0, 0.1) is 30.9 Å².